The molecule has 0 radical (unpaired) electrons. The average Bonchev–Trinajstić information content (AvgIpc) is 2.74. The van der Waals surface area contributed by atoms with Gasteiger partial charge in [-0.3, -0.25) is 4.79 Å². The summed E-state index contributed by atoms with van der Waals surface area (Å²) in [6.45, 7) is 15.8. The topological polar surface area (TPSA) is 69.7 Å². The Labute approximate surface area is 207 Å². The SMILES string of the molecule is C=C(C)C(=O)OCCCCCCCC1=C(CCCCCCOC(=O)C(=C)C)C(=O)CC(C)(C)C1. The lowest BCUT2D eigenvalue weighted by Crippen LogP contribution is -2.26. The average molecular weight is 475 g/mol. The molecular formula is C29H46O5. The van der Waals surface area contributed by atoms with Crippen LogP contribution in [0.15, 0.2) is 35.5 Å². The molecule has 1 aliphatic rings. The molecule has 0 heterocycles. The number of rotatable bonds is 17. The Morgan fingerprint density at radius 2 is 1.18 bits per heavy atom. The minimum absolute atomic E-state index is 0.0518. The van der Waals surface area contributed by atoms with Crippen molar-refractivity contribution in [2.45, 2.75) is 111 Å². The zero-order valence-corrected chi connectivity index (χ0v) is 22.1. The van der Waals surface area contributed by atoms with E-state index in [1.807, 2.05) is 0 Å². The second-order valence-electron chi connectivity index (χ2n) is 10.5. The van der Waals surface area contributed by atoms with Crippen molar-refractivity contribution in [2.24, 2.45) is 5.41 Å². The van der Waals surface area contributed by atoms with Crippen LogP contribution in [0.4, 0.5) is 0 Å². The van der Waals surface area contributed by atoms with E-state index in [9.17, 15) is 14.4 Å². The highest BCUT2D eigenvalue weighted by atomic mass is 16.5. The highest BCUT2D eigenvalue weighted by Crippen LogP contribution is 2.40. The Morgan fingerprint density at radius 1 is 0.735 bits per heavy atom. The summed E-state index contributed by atoms with van der Waals surface area (Å²) in [4.78, 5) is 35.6. The van der Waals surface area contributed by atoms with Gasteiger partial charge in [-0.1, -0.05) is 64.7 Å². The van der Waals surface area contributed by atoms with Crippen molar-refractivity contribution < 1.29 is 23.9 Å². The number of Topliss-reactive ketones (excluding diaryl/α,β-unsaturated/α-hetero) is 1. The quantitative estimate of drug-likeness (QED) is 0.127. The van der Waals surface area contributed by atoms with E-state index in [0.29, 0.717) is 36.6 Å². The highest BCUT2D eigenvalue weighted by molar-refractivity contribution is 5.97. The molecule has 0 unspecified atom stereocenters. The van der Waals surface area contributed by atoms with Crippen LogP contribution >= 0.6 is 0 Å². The molecule has 0 atom stereocenters. The predicted octanol–water partition coefficient (Wildman–Crippen LogP) is 7.20. The molecule has 0 amide bonds. The van der Waals surface area contributed by atoms with Crippen LogP contribution in [0.2, 0.25) is 0 Å². The molecular weight excluding hydrogens is 428 g/mol. The Balaban J connectivity index is 2.36. The van der Waals surface area contributed by atoms with E-state index < -0.39 is 0 Å². The molecule has 192 valence electrons. The summed E-state index contributed by atoms with van der Waals surface area (Å²) in [5.74, 6) is -0.298. The monoisotopic (exact) mass is 474 g/mol. The minimum atomic E-state index is -0.323. The number of esters is 2. The Bertz CT molecular complexity index is 756. The standard InChI is InChI=1S/C29H46O5/c1-22(2)27(31)33-18-14-10-7-8-12-16-24-20-29(5,6)21-26(30)25(24)17-13-9-11-15-19-34-28(32)23(3)4/h1,3,7-21H2,2,4-6H3. The van der Waals surface area contributed by atoms with Gasteiger partial charge in [0.1, 0.15) is 0 Å². The van der Waals surface area contributed by atoms with E-state index in [4.69, 9.17) is 9.47 Å². The summed E-state index contributed by atoms with van der Waals surface area (Å²) < 4.78 is 10.3. The molecule has 0 saturated carbocycles. The van der Waals surface area contributed by atoms with Gasteiger partial charge in [0.15, 0.2) is 5.78 Å². The number of allylic oxidation sites excluding steroid dienone is 2. The third kappa shape index (κ3) is 12.3. The number of carbonyl (C=O) groups is 3. The van der Waals surface area contributed by atoms with Gasteiger partial charge < -0.3 is 9.47 Å². The first kappa shape index (κ1) is 29.9. The van der Waals surface area contributed by atoms with E-state index in [1.165, 1.54) is 5.57 Å². The summed E-state index contributed by atoms with van der Waals surface area (Å²) in [7, 11) is 0. The van der Waals surface area contributed by atoms with Gasteiger partial charge in [-0.15, -0.1) is 0 Å². The van der Waals surface area contributed by atoms with Gasteiger partial charge in [-0.25, -0.2) is 9.59 Å². The summed E-state index contributed by atoms with van der Waals surface area (Å²) >= 11 is 0. The van der Waals surface area contributed by atoms with Gasteiger partial charge in [0.05, 0.1) is 13.2 Å². The largest absolute Gasteiger partial charge is 0.462 e. The molecule has 1 aliphatic carbocycles. The van der Waals surface area contributed by atoms with E-state index in [2.05, 4.69) is 27.0 Å². The van der Waals surface area contributed by atoms with Crippen LogP contribution in [0.3, 0.4) is 0 Å². The van der Waals surface area contributed by atoms with Crippen molar-refractivity contribution in [3.63, 3.8) is 0 Å². The van der Waals surface area contributed by atoms with Gasteiger partial charge in [0, 0.05) is 17.6 Å². The maximum atomic E-state index is 12.9. The molecule has 0 fully saturated rings. The zero-order valence-electron chi connectivity index (χ0n) is 22.1. The summed E-state index contributed by atoms with van der Waals surface area (Å²) in [5, 5.41) is 0. The molecule has 5 heteroatoms. The first-order valence-corrected chi connectivity index (χ1v) is 12.9. The first-order chi connectivity index (χ1) is 16.0. The molecule has 5 nitrogen and oxygen atoms in total. The minimum Gasteiger partial charge on any atom is -0.462 e. The fourth-order valence-electron chi connectivity index (χ4n) is 4.35. The molecule has 0 N–H and O–H groups in total. The predicted molar refractivity (Wildman–Crippen MR) is 137 cm³/mol. The number of hydrogen-bond donors (Lipinski definition) is 0. The van der Waals surface area contributed by atoms with Crippen LogP contribution < -0.4 is 0 Å². The summed E-state index contributed by atoms with van der Waals surface area (Å²) in [6, 6.07) is 0. The third-order valence-corrected chi connectivity index (χ3v) is 6.20. The summed E-state index contributed by atoms with van der Waals surface area (Å²) in [5.41, 5.74) is 3.38. The first-order valence-electron chi connectivity index (χ1n) is 12.9. The van der Waals surface area contributed by atoms with E-state index in [1.54, 1.807) is 13.8 Å². The van der Waals surface area contributed by atoms with Crippen LogP contribution in [0.1, 0.15) is 111 Å². The van der Waals surface area contributed by atoms with Crippen molar-refractivity contribution >= 4 is 17.7 Å². The fraction of sp³-hybridized carbons (Fsp3) is 0.690. The van der Waals surface area contributed by atoms with Gasteiger partial charge in [-0.2, -0.15) is 0 Å². The molecule has 0 saturated heterocycles. The number of ketones is 1. The van der Waals surface area contributed by atoms with Crippen LogP contribution in [0, 0.1) is 5.41 Å². The molecule has 0 aromatic rings. The Hall–Kier alpha value is -2.17. The van der Waals surface area contributed by atoms with Crippen molar-refractivity contribution in [1.82, 2.24) is 0 Å². The van der Waals surface area contributed by atoms with Gasteiger partial charge >= 0.3 is 11.9 Å². The maximum absolute atomic E-state index is 12.9. The van der Waals surface area contributed by atoms with Crippen LogP contribution in [-0.4, -0.2) is 30.9 Å². The van der Waals surface area contributed by atoms with Crippen LogP contribution in [0.5, 0.6) is 0 Å². The lowest BCUT2D eigenvalue weighted by molar-refractivity contribution is -0.139. The Morgan fingerprint density at radius 3 is 1.68 bits per heavy atom. The van der Waals surface area contributed by atoms with Crippen molar-refractivity contribution in [1.29, 1.82) is 0 Å². The second kappa shape index (κ2) is 15.7. The number of unbranched alkanes of at least 4 members (excludes halogenated alkanes) is 7. The molecule has 0 aliphatic heterocycles. The third-order valence-electron chi connectivity index (χ3n) is 6.20. The van der Waals surface area contributed by atoms with Gasteiger partial charge in [-0.05, 0) is 69.8 Å². The summed E-state index contributed by atoms with van der Waals surface area (Å²) in [6.07, 6.45) is 12.7. The molecule has 1 rings (SSSR count). The lowest BCUT2D eigenvalue weighted by Gasteiger charge is -2.32. The van der Waals surface area contributed by atoms with E-state index in [-0.39, 0.29) is 17.4 Å². The molecule has 34 heavy (non-hydrogen) atoms. The smallest absolute Gasteiger partial charge is 0.333 e. The van der Waals surface area contributed by atoms with Crippen molar-refractivity contribution in [2.75, 3.05) is 13.2 Å². The zero-order chi connectivity index (χ0) is 25.6. The number of carbonyl (C=O) groups excluding carboxylic acids is 3. The van der Waals surface area contributed by atoms with Crippen molar-refractivity contribution in [3.8, 4) is 0 Å². The lowest BCUT2D eigenvalue weighted by atomic mass is 9.71. The van der Waals surface area contributed by atoms with Crippen molar-refractivity contribution in [3.05, 3.63) is 35.5 Å². The van der Waals surface area contributed by atoms with Crippen LogP contribution in [-0.2, 0) is 23.9 Å². The second-order valence-corrected chi connectivity index (χ2v) is 10.5. The van der Waals surface area contributed by atoms with Gasteiger partial charge in [0.25, 0.3) is 0 Å². The molecule has 0 spiro atoms. The fourth-order valence-corrected chi connectivity index (χ4v) is 4.35. The highest BCUT2D eigenvalue weighted by Gasteiger charge is 2.31. The number of hydrogen-bond acceptors (Lipinski definition) is 5. The van der Waals surface area contributed by atoms with E-state index >= 15 is 0 Å². The Kier molecular flexibility index (Phi) is 13.8. The molecule has 0 aromatic heterocycles. The normalized spacial score (nSPS) is 15.2. The van der Waals surface area contributed by atoms with E-state index in [0.717, 1.165) is 82.6 Å². The maximum Gasteiger partial charge on any atom is 0.333 e. The number of ether oxygens (including phenoxy) is 2. The molecule has 0 aromatic carbocycles. The molecule has 0 bridgehead atoms. The van der Waals surface area contributed by atoms with Crippen LogP contribution in [0.25, 0.3) is 0 Å². The van der Waals surface area contributed by atoms with Gasteiger partial charge in [0.2, 0.25) is 0 Å².